The van der Waals surface area contributed by atoms with Crippen molar-refractivity contribution in [2.24, 2.45) is 0 Å². The number of ether oxygens (including phenoxy) is 2. The Kier molecular flexibility index (Phi) is 10.7. The Balaban J connectivity index is 2.74. The van der Waals surface area contributed by atoms with Gasteiger partial charge in [-0.15, -0.1) is 0 Å². The van der Waals surface area contributed by atoms with Crippen molar-refractivity contribution < 1.29 is 19.7 Å². The minimum absolute atomic E-state index is 0.0200. The van der Waals surface area contributed by atoms with Crippen LogP contribution in [0, 0.1) is 0 Å². The van der Waals surface area contributed by atoms with Crippen molar-refractivity contribution in [3.63, 3.8) is 0 Å². The summed E-state index contributed by atoms with van der Waals surface area (Å²) >= 11 is 0. The molecule has 0 spiro atoms. The number of hydrogen-bond donors (Lipinski definition) is 2. The Morgan fingerprint density at radius 3 is 1.09 bits per heavy atom. The first-order chi connectivity index (χ1) is 16.0. The molecule has 2 aromatic rings. The van der Waals surface area contributed by atoms with Crippen LogP contribution in [-0.2, 0) is 31.1 Å². The average molecular weight is 457 g/mol. The van der Waals surface area contributed by atoms with E-state index in [1.165, 1.54) is 33.4 Å². The van der Waals surface area contributed by atoms with Gasteiger partial charge in [0, 0.05) is 5.41 Å². The van der Waals surface area contributed by atoms with Crippen LogP contribution in [0.5, 0.6) is 11.5 Å². The van der Waals surface area contributed by atoms with E-state index in [0.717, 1.165) is 50.0 Å². The summed E-state index contributed by atoms with van der Waals surface area (Å²) in [6.07, 6.45) is 5.55. The highest BCUT2D eigenvalue weighted by Crippen LogP contribution is 2.44. The van der Waals surface area contributed by atoms with Crippen LogP contribution in [-0.4, -0.2) is 36.6 Å². The highest BCUT2D eigenvalue weighted by Gasteiger charge is 2.33. The summed E-state index contributed by atoms with van der Waals surface area (Å²) in [4.78, 5) is 0. The van der Waals surface area contributed by atoms with Crippen LogP contribution in [0.4, 0.5) is 0 Å². The Labute approximate surface area is 201 Å². The van der Waals surface area contributed by atoms with Crippen LogP contribution in [0.3, 0.4) is 0 Å². The Morgan fingerprint density at radius 2 is 0.879 bits per heavy atom. The molecule has 33 heavy (non-hydrogen) atoms. The second-order valence-electron chi connectivity index (χ2n) is 8.59. The zero-order valence-electron chi connectivity index (χ0n) is 21.6. The van der Waals surface area contributed by atoms with Crippen LogP contribution in [0.1, 0.15) is 87.8 Å². The van der Waals surface area contributed by atoms with Gasteiger partial charge in [-0.2, -0.15) is 0 Å². The van der Waals surface area contributed by atoms with E-state index in [1.54, 1.807) is 0 Å². The van der Waals surface area contributed by atoms with Gasteiger partial charge in [0.15, 0.2) is 0 Å². The topological polar surface area (TPSA) is 58.9 Å². The van der Waals surface area contributed by atoms with Crippen molar-refractivity contribution in [3.05, 3.63) is 57.6 Å². The molecule has 0 unspecified atom stereocenters. The van der Waals surface area contributed by atoms with E-state index in [9.17, 15) is 10.2 Å². The molecule has 0 aliphatic rings. The molecule has 0 saturated heterocycles. The monoisotopic (exact) mass is 456 g/mol. The van der Waals surface area contributed by atoms with E-state index < -0.39 is 0 Å². The van der Waals surface area contributed by atoms with E-state index in [1.807, 2.05) is 0 Å². The number of aryl methyl sites for hydroxylation is 4. The van der Waals surface area contributed by atoms with Gasteiger partial charge in [-0.1, -0.05) is 65.8 Å². The largest absolute Gasteiger partial charge is 0.491 e. The van der Waals surface area contributed by atoms with Crippen molar-refractivity contribution in [3.8, 4) is 11.5 Å². The second-order valence-corrected chi connectivity index (χ2v) is 8.59. The molecule has 2 N–H and O–H groups in total. The first kappa shape index (κ1) is 27.2. The number of benzene rings is 2. The van der Waals surface area contributed by atoms with Gasteiger partial charge >= 0.3 is 0 Å². The number of aliphatic hydroxyl groups is 2. The molecule has 0 saturated carbocycles. The normalized spacial score (nSPS) is 11.6. The molecule has 184 valence electrons. The standard InChI is InChI=1S/C29H44O4/c1-7-21-17-25(18-22(8-2)27(21)32-15-13-30)29(11-5,12-6)26-19-23(9-3)28(33-16-14-31)24(10-4)20-26/h17-20,30-31H,7-16H2,1-6H3. The molecular formula is C29H44O4. The maximum absolute atomic E-state index is 9.29. The van der Waals surface area contributed by atoms with Gasteiger partial charge < -0.3 is 19.7 Å². The van der Waals surface area contributed by atoms with E-state index in [-0.39, 0.29) is 18.6 Å². The third-order valence-corrected chi connectivity index (χ3v) is 7.00. The molecule has 0 atom stereocenters. The SMILES string of the molecule is CCc1cc(C(CC)(CC)c2cc(CC)c(OCCO)c(CC)c2)cc(CC)c1OCCO. The summed E-state index contributed by atoms with van der Waals surface area (Å²) in [5, 5.41) is 18.6. The van der Waals surface area contributed by atoms with Crippen LogP contribution < -0.4 is 9.47 Å². The fraction of sp³-hybridized carbons (Fsp3) is 0.586. The van der Waals surface area contributed by atoms with Gasteiger partial charge in [0.2, 0.25) is 0 Å². The van der Waals surface area contributed by atoms with E-state index >= 15 is 0 Å². The second kappa shape index (κ2) is 13.0. The summed E-state index contributed by atoms with van der Waals surface area (Å²) in [5.41, 5.74) is 7.40. The van der Waals surface area contributed by atoms with Gasteiger partial charge in [-0.05, 0) is 71.9 Å². The molecule has 0 heterocycles. The van der Waals surface area contributed by atoms with Crippen LogP contribution in [0.25, 0.3) is 0 Å². The average Bonchev–Trinajstić information content (AvgIpc) is 2.86. The lowest BCUT2D eigenvalue weighted by Gasteiger charge is -2.36. The zero-order chi connectivity index (χ0) is 24.4. The smallest absolute Gasteiger partial charge is 0.125 e. The van der Waals surface area contributed by atoms with Crippen LogP contribution in [0.2, 0.25) is 0 Å². The van der Waals surface area contributed by atoms with Gasteiger partial charge in [-0.25, -0.2) is 0 Å². The maximum atomic E-state index is 9.29. The lowest BCUT2D eigenvalue weighted by molar-refractivity contribution is 0.199. The third kappa shape index (κ3) is 5.73. The minimum atomic E-state index is -0.104. The van der Waals surface area contributed by atoms with Gasteiger partial charge in [-0.3, -0.25) is 0 Å². The summed E-state index contributed by atoms with van der Waals surface area (Å²) in [6, 6.07) is 9.30. The lowest BCUT2D eigenvalue weighted by Crippen LogP contribution is -2.27. The van der Waals surface area contributed by atoms with Crippen molar-refractivity contribution in [1.29, 1.82) is 0 Å². The highest BCUT2D eigenvalue weighted by molar-refractivity contribution is 5.54. The van der Waals surface area contributed by atoms with E-state index in [2.05, 4.69) is 65.8 Å². The number of aliphatic hydroxyl groups excluding tert-OH is 2. The van der Waals surface area contributed by atoms with Gasteiger partial charge in [0.25, 0.3) is 0 Å². The first-order valence-corrected chi connectivity index (χ1v) is 12.8. The third-order valence-electron chi connectivity index (χ3n) is 7.00. The van der Waals surface area contributed by atoms with Gasteiger partial charge in [0.05, 0.1) is 13.2 Å². The Bertz CT molecular complexity index is 764. The lowest BCUT2D eigenvalue weighted by atomic mass is 9.69. The first-order valence-electron chi connectivity index (χ1n) is 12.8. The molecule has 0 aromatic heterocycles. The maximum Gasteiger partial charge on any atom is 0.125 e. The molecule has 4 heteroatoms. The molecule has 0 fully saturated rings. The summed E-state index contributed by atoms with van der Waals surface area (Å²) < 4.78 is 12.0. The Morgan fingerprint density at radius 1 is 0.576 bits per heavy atom. The van der Waals surface area contributed by atoms with E-state index in [0.29, 0.717) is 13.2 Å². The molecule has 4 nitrogen and oxygen atoms in total. The highest BCUT2D eigenvalue weighted by atomic mass is 16.5. The minimum Gasteiger partial charge on any atom is -0.491 e. The molecule has 2 aromatic carbocycles. The quantitative estimate of drug-likeness (QED) is 0.378. The summed E-state index contributed by atoms with van der Waals surface area (Å²) in [7, 11) is 0. The van der Waals surface area contributed by atoms with E-state index in [4.69, 9.17) is 9.47 Å². The predicted molar refractivity (Wildman–Crippen MR) is 137 cm³/mol. The molecule has 0 radical (unpaired) electrons. The van der Waals surface area contributed by atoms with Crippen molar-refractivity contribution >= 4 is 0 Å². The van der Waals surface area contributed by atoms with Crippen LogP contribution in [0.15, 0.2) is 24.3 Å². The van der Waals surface area contributed by atoms with Crippen molar-refractivity contribution in [2.75, 3.05) is 26.4 Å². The zero-order valence-corrected chi connectivity index (χ0v) is 21.6. The molecule has 0 bridgehead atoms. The summed E-state index contributed by atoms with van der Waals surface area (Å²) in [5.74, 6) is 1.88. The van der Waals surface area contributed by atoms with Gasteiger partial charge in [0.1, 0.15) is 24.7 Å². The summed E-state index contributed by atoms with van der Waals surface area (Å²) in [6.45, 7) is 13.9. The Hall–Kier alpha value is -2.04. The van der Waals surface area contributed by atoms with Crippen molar-refractivity contribution in [2.45, 2.75) is 85.5 Å². The molecule has 0 aliphatic heterocycles. The fourth-order valence-corrected chi connectivity index (χ4v) is 5.01. The van der Waals surface area contributed by atoms with Crippen molar-refractivity contribution in [1.82, 2.24) is 0 Å². The fourth-order valence-electron chi connectivity index (χ4n) is 5.01. The molecular weight excluding hydrogens is 412 g/mol. The molecule has 2 rings (SSSR count). The van der Waals surface area contributed by atoms with Crippen LogP contribution >= 0.6 is 0 Å². The molecule has 0 amide bonds. The predicted octanol–water partition coefficient (Wildman–Crippen LogP) is 5.78. The molecule has 0 aliphatic carbocycles. The number of hydrogen-bond acceptors (Lipinski definition) is 4. The number of rotatable bonds is 14.